The Hall–Kier alpha value is -5.40. The second-order valence-electron chi connectivity index (χ2n) is 11.2. The maximum Gasteiger partial charge on any atom is 0.231 e. The molecule has 0 spiro atoms. The molecule has 5 aromatic rings. The Morgan fingerprint density at radius 3 is 1.48 bits per heavy atom. The maximum atomic E-state index is 11.8. The van der Waals surface area contributed by atoms with Gasteiger partial charge in [-0.15, -0.1) is 0 Å². The third-order valence-electron chi connectivity index (χ3n) is 7.26. The van der Waals surface area contributed by atoms with Gasteiger partial charge in [-0.1, -0.05) is 66.7 Å². The van der Waals surface area contributed by atoms with E-state index in [-0.39, 0.29) is 15.7 Å². The Morgan fingerprint density at radius 1 is 0.604 bits per heavy atom. The van der Waals surface area contributed by atoms with Crippen LogP contribution in [0.5, 0.6) is 0 Å². The number of rotatable bonds is 12. The smallest absolute Gasteiger partial charge is 0.231 e. The molecule has 1 aromatic heterocycles. The number of sulfone groups is 2. The van der Waals surface area contributed by atoms with E-state index in [0.29, 0.717) is 23.1 Å². The quantitative estimate of drug-likeness (QED) is 0.102. The highest BCUT2D eigenvalue weighted by Gasteiger charge is 2.10. The molecular formula is C35H35N7O4S2. The van der Waals surface area contributed by atoms with Crippen molar-refractivity contribution in [2.75, 3.05) is 28.7 Å². The molecule has 0 saturated carbocycles. The van der Waals surface area contributed by atoms with Gasteiger partial charge in [0.2, 0.25) is 5.95 Å². The van der Waals surface area contributed by atoms with Crippen molar-refractivity contribution in [3.63, 3.8) is 0 Å². The largest absolute Gasteiger partial charge is 0.324 e. The number of hydrazone groups is 2. The average Bonchev–Trinajstić information content (AvgIpc) is 3.07. The first-order chi connectivity index (χ1) is 22.8. The molecule has 0 saturated heterocycles. The molecular weight excluding hydrogens is 647 g/mol. The third kappa shape index (κ3) is 9.33. The molecule has 5 rings (SSSR count). The van der Waals surface area contributed by atoms with E-state index in [1.165, 1.54) is 5.56 Å². The lowest BCUT2D eigenvalue weighted by Crippen LogP contribution is -2.07. The molecule has 1 heterocycles. The lowest BCUT2D eigenvalue weighted by molar-refractivity contribution is 0.600. The van der Waals surface area contributed by atoms with Crippen molar-refractivity contribution in [1.29, 1.82) is 0 Å². The summed E-state index contributed by atoms with van der Waals surface area (Å²) < 4.78 is 47.3. The normalized spacial score (nSPS) is 12.4. The van der Waals surface area contributed by atoms with Crippen LogP contribution in [0.4, 0.5) is 23.3 Å². The SMILES string of the molecule is CC(=NNc1cc(NN=C(C)c2ccc(S(C)(=O)=O)cc2)nc(Nc2ccc(Cc3ccccc3)cc2)n1)c1ccc(S(C)(=O)=O)cc1. The van der Waals surface area contributed by atoms with Crippen LogP contribution < -0.4 is 16.2 Å². The van der Waals surface area contributed by atoms with Gasteiger partial charge >= 0.3 is 0 Å². The van der Waals surface area contributed by atoms with Gasteiger partial charge in [-0.05, 0) is 78.9 Å². The predicted molar refractivity (Wildman–Crippen MR) is 192 cm³/mol. The number of aromatic nitrogens is 2. The molecule has 48 heavy (non-hydrogen) atoms. The first-order valence-corrected chi connectivity index (χ1v) is 18.6. The summed E-state index contributed by atoms with van der Waals surface area (Å²) in [6.45, 7) is 3.59. The summed E-state index contributed by atoms with van der Waals surface area (Å²) >= 11 is 0. The monoisotopic (exact) mass is 681 g/mol. The topological polar surface area (TPSA) is 155 Å². The fraction of sp³-hybridized carbons (Fsp3) is 0.143. The van der Waals surface area contributed by atoms with Crippen molar-refractivity contribution < 1.29 is 16.8 Å². The van der Waals surface area contributed by atoms with E-state index in [2.05, 4.69) is 48.5 Å². The first kappa shape index (κ1) is 33.9. The molecule has 0 amide bonds. The number of benzene rings is 4. The van der Waals surface area contributed by atoms with Gasteiger partial charge in [0.15, 0.2) is 31.3 Å². The molecule has 0 aliphatic carbocycles. The van der Waals surface area contributed by atoms with Gasteiger partial charge in [0.05, 0.1) is 21.2 Å². The maximum absolute atomic E-state index is 11.8. The summed E-state index contributed by atoms with van der Waals surface area (Å²) in [6.07, 6.45) is 3.14. The van der Waals surface area contributed by atoms with E-state index in [0.717, 1.165) is 41.3 Å². The van der Waals surface area contributed by atoms with E-state index < -0.39 is 19.7 Å². The van der Waals surface area contributed by atoms with Crippen LogP contribution in [-0.4, -0.2) is 50.7 Å². The van der Waals surface area contributed by atoms with Crippen molar-refractivity contribution in [3.8, 4) is 0 Å². The highest BCUT2D eigenvalue weighted by molar-refractivity contribution is 7.91. The van der Waals surface area contributed by atoms with E-state index in [1.54, 1.807) is 68.4 Å². The van der Waals surface area contributed by atoms with Gasteiger partial charge in [0, 0.05) is 24.3 Å². The Labute approximate surface area is 280 Å². The molecule has 0 radical (unpaired) electrons. The summed E-state index contributed by atoms with van der Waals surface area (Å²) in [5.41, 5.74) is 11.8. The predicted octanol–water partition coefficient (Wildman–Crippen LogP) is 6.29. The van der Waals surface area contributed by atoms with Crippen molar-refractivity contribution >= 4 is 54.4 Å². The summed E-state index contributed by atoms with van der Waals surface area (Å²) in [7, 11) is -6.62. The molecule has 0 fully saturated rings. The average molecular weight is 682 g/mol. The van der Waals surface area contributed by atoms with Crippen molar-refractivity contribution in [2.24, 2.45) is 10.2 Å². The minimum Gasteiger partial charge on any atom is -0.324 e. The summed E-state index contributed by atoms with van der Waals surface area (Å²) in [5.74, 6) is 1.02. The number of nitrogens with one attached hydrogen (secondary N) is 3. The summed E-state index contributed by atoms with van der Waals surface area (Å²) in [4.78, 5) is 9.62. The zero-order valence-electron chi connectivity index (χ0n) is 26.8. The molecule has 0 aliphatic heterocycles. The van der Waals surface area contributed by atoms with Crippen molar-refractivity contribution in [2.45, 2.75) is 30.1 Å². The van der Waals surface area contributed by atoms with Crippen LogP contribution in [0.1, 0.15) is 36.1 Å². The molecule has 0 bridgehead atoms. The molecule has 0 aliphatic rings. The lowest BCUT2D eigenvalue weighted by atomic mass is 10.0. The van der Waals surface area contributed by atoms with Crippen LogP contribution in [0.2, 0.25) is 0 Å². The van der Waals surface area contributed by atoms with Gasteiger partial charge in [-0.2, -0.15) is 20.2 Å². The fourth-order valence-corrected chi connectivity index (χ4v) is 5.84. The standard InChI is InChI=1S/C35H35N7O4S2/c1-24(28-12-18-31(19-13-28)47(3,43)44)39-41-33-23-34(42-40-25(2)29-14-20-32(21-15-29)48(4,45)46)38-35(37-33)36-30-16-10-27(11-17-30)22-26-8-6-5-7-9-26/h5-21,23H,22H2,1-4H3,(H3,36,37,38,41,42). The van der Waals surface area contributed by atoms with E-state index in [4.69, 9.17) is 0 Å². The summed E-state index contributed by atoms with van der Waals surface area (Å²) in [5, 5.41) is 12.2. The number of hydrogen-bond acceptors (Lipinski definition) is 11. The van der Waals surface area contributed by atoms with Gasteiger partial charge in [-0.25, -0.2) is 16.8 Å². The van der Waals surface area contributed by atoms with Crippen LogP contribution in [0, 0.1) is 0 Å². The molecule has 4 aromatic carbocycles. The Balaban J connectivity index is 1.38. The number of hydrogen-bond donors (Lipinski definition) is 3. The molecule has 246 valence electrons. The van der Waals surface area contributed by atoms with Crippen molar-refractivity contribution in [3.05, 3.63) is 131 Å². The zero-order valence-corrected chi connectivity index (χ0v) is 28.5. The van der Waals surface area contributed by atoms with E-state index in [1.807, 2.05) is 42.5 Å². The second-order valence-corrected chi connectivity index (χ2v) is 15.2. The number of anilines is 4. The van der Waals surface area contributed by atoms with Crippen LogP contribution >= 0.6 is 0 Å². The Kier molecular flexibility index (Phi) is 10.3. The minimum absolute atomic E-state index is 0.226. The number of nitrogens with zero attached hydrogens (tertiary/aromatic N) is 4. The van der Waals surface area contributed by atoms with E-state index in [9.17, 15) is 16.8 Å². The molecule has 0 atom stereocenters. The van der Waals surface area contributed by atoms with Gasteiger partial charge in [0.1, 0.15) is 0 Å². The van der Waals surface area contributed by atoms with Gasteiger partial charge in [-0.3, -0.25) is 10.9 Å². The Bertz CT molecular complexity index is 2060. The second kappa shape index (κ2) is 14.6. The highest BCUT2D eigenvalue weighted by atomic mass is 32.2. The molecule has 13 heteroatoms. The van der Waals surface area contributed by atoms with Crippen LogP contribution in [0.3, 0.4) is 0 Å². The van der Waals surface area contributed by atoms with Gasteiger partial charge < -0.3 is 5.32 Å². The fourth-order valence-electron chi connectivity index (χ4n) is 4.58. The van der Waals surface area contributed by atoms with Gasteiger partial charge in [0.25, 0.3) is 0 Å². The minimum atomic E-state index is -3.31. The van der Waals surface area contributed by atoms with E-state index >= 15 is 0 Å². The summed E-state index contributed by atoms with van der Waals surface area (Å²) in [6, 6.07) is 32.8. The van der Waals surface area contributed by atoms with Crippen LogP contribution in [0.15, 0.2) is 129 Å². The lowest BCUT2D eigenvalue weighted by Gasteiger charge is -2.11. The Morgan fingerprint density at radius 2 is 1.04 bits per heavy atom. The molecule has 11 nitrogen and oxygen atoms in total. The molecule has 3 N–H and O–H groups in total. The first-order valence-electron chi connectivity index (χ1n) is 14.8. The third-order valence-corrected chi connectivity index (χ3v) is 9.52. The zero-order chi connectivity index (χ0) is 34.3. The molecule has 0 unspecified atom stereocenters. The van der Waals surface area contributed by atoms with Crippen LogP contribution in [0.25, 0.3) is 0 Å². The van der Waals surface area contributed by atoms with Crippen LogP contribution in [-0.2, 0) is 26.1 Å². The van der Waals surface area contributed by atoms with Crippen molar-refractivity contribution in [1.82, 2.24) is 9.97 Å². The highest BCUT2D eigenvalue weighted by Crippen LogP contribution is 2.21.